The van der Waals surface area contributed by atoms with Crippen LogP contribution in [0.5, 0.6) is 0 Å². The molecule has 3 atom stereocenters. The van der Waals surface area contributed by atoms with Crippen molar-refractivity contribution in [2.75, 3.05) is 40.9 Å². The first-order chi connectivity index (χ1) is 43.5. The average Bonchev–Trinajstić information content (AvgIpc) is 3.61. The lowest BCUT2D eigenvalue weighted by molar-refractivity contribution is -0.870. The molecule has 0 aromatic carbocycles. The van der Waals surface area contributed by atoms with Crippen molar-refractivity contribution in [1.82, 2.24) is 5.32 Å². The molecule has 0 saturated heterocycles. The van der Waals surface area contributed by atoms with E-state index in [1.54, 1.807) is 6.08 Å². The number of amides is 1. The van der Waals surface area contributed by atoms with Crippen LogP contribution in [-0.4, -0.2) is 73.4 Å². The predicted octanol–water partition coefficient (Wildman–Crippen LogP) is 24.2. The molecule has 0 radical (unpaired) electrons. The highest BCUT2D eigenvalue weighted by Crippen LogP contribution is 2.43. The van der Waals surface area contributed by atoms with Crippen LogP contribution in [0.15, 0.2) is 134 Å². The summed E-state index contributed by atoms with van der Waals surface area (Å²) < 4.78 is 23.8. The van der Waals surface area contributed by atoms with Crippen LogP contribution >= 0.6 is 7.82 Å². The van der Waals surface area contributed by atoms with E-state index < -0.39 is 20.0 Å². The molecule has 3 N–H and O–H groups in total. The van der Waals surface area contributed by atoms with Crippen molar-refractivity contribution in [2.45, 2.75) is 328 Å². The van der Waals surface area contributed by atoms with Gasteiger partial charge in [-0.05, 0) is 96.3 Å². The van der Waals surface area contributed by atoms with Crippen molar-refractivity contribution in [3.8, 4) is 0 Å². The number of quaternary nitrogens is 1. The summed E-state index contributed by atoms with van der Waals surface area (Å²) in [5.74, 6) is -0.183. The summed E-state index contributed by atoms with van der Waals surface area (Å²) in [6.07, 6.45) is 105. The van der Waals surface area contributed by atoms with Gasteiger partial charge in [0.05, 0.1) is 39.9 Å². The van der Waals surface area contributed by atoms with Gasteiger partial charge in [-0.2, -0.15) is 0 Å². The maximum Gasteiger partial charge on any atom is 0.472 e. The van der Waals surface area contributed by atoms with Crippen molar-refractivity contribution in [2.24, 2.45) is 0 Å². The zero-order valence-corrected chi connectivity index (χ0v) is 59.5. The SMILES string of the molecule is CC/C=C\C/C=C\C/C=C\C/C=C\C/C=C\C/C=C\C/C=C\C/C=C\C/C=C\C/C=C\CCCCCCCCCCCCC(=O)NC(COP(=O)(O)OCC[N+](C)(C)C)C(O)/C=C/CCCCCCCCCCCCCCCCCCCCCCCCCC. The molecule has 89 heavy (non-hydrogen) atoms. The number of nitrogens with zero attached hydrogens (tertiary/aromatic N) is 1. The molecular weight excluding hydrogens is 1120 g/mol. The van der Waals surface area contributed by atoms with Gasteiger partial charge in [-0.15, -0.1) is 0 Å². The number of hydrogen-bond donors (Lipinski definition) is 3. The standard InChI is InChI=1S/C80H141N2O6P/c1-6-8-10-12-14-16-18-20-22-24-26-28-30-32-34-35-36-37-38-39-40-41-42-43-44-45-46-47-48-50-52-54-56-58-60-62-64-66-68-70-72-74-80(84)81-78(77-88-89(85,86)87-76-75-82(3,4)5)79(83)73-71-69-67-65-63-61-59-57-55-53-51-49-33-31-29-27-25-23-21-19-17-15-13-11-9-7-2/h8,10,14,16,20,22,26,28,32,34,36-37,39-40,42-43,45-46,48,50,71,73,78-79,83H,6-7,9,11-13,15,17-19,21,23-25,27,29-31,33,35,38,41,44,47,49,51-70,72,74-77H2,1-5H3,(H-,81,84,85,86)/p+1/b10-8-,16-14-,22-20-,28-26-,34-32-,37-36-,40-39-,43-42-,46-45-,50-48-,73-71+. The largest absolute Gasteiger partial charge is 0.472 e. The first-order valence-electron chi connectivity index (χ1n) is 37.1. The van der Waals surface area contributed by atoms with Crippen LogP contribution < -0.4 is 5.32 Å². The molecule has 0 saturated carbocycles. The minimum atomic E-state index is -4.36. The first-order valence-corrected chi connectivity index (χ1v) is 38.6. The molecular formula is C80H142N2O6P+. The van der Waals surface area contributed by atoms with Crippen LogP contribution in [-0.2, 0) is 18.4 Å². The van der Waals surface area contributed by atoms with E-state index in [-0.39, 0.29) is 19.1 Å². The number of rotatable bonds is 67. The fraction of sp³-hybridized carbons (Fsp3) is 0.713. The highest BCUT2D eigenvalue weighted by atomic mass is 31.2. The normalized spacial score (nSPS) is 14.4. The van der Waals surface area contributed by atoms with Crippen LogP contribution in [0.4, 0.5) is 0 Å². The van der Waals surface area contributed by atoms with Gasteiger partial charge in [0.2, 0.25) is 5.91 Å². The second-order valence-corrected chi connectivity index (χ2v) is 27.4. The average molecular weight is 1260 g/mol. The highest BCUT2D eigenvalue weighted by Gasteiger charge is 2.28. The number of unbranched alkanes of at least 4 members (excludes halogenated alkanes) is 34. The van der Waals surface area contributed by atoms with Crippen LogP contribution in [0.3, 0.4) is 0 Å². The third-order valence-electron chi connectivity index (χ3n) is 16.1. The van der Waals surface area contributed by atoms with E-state index in [0.29, 0.717) is 17.4 Å². The van der Waals surface area contributed by atoms with Gasteiger partial charge in [0, 0.05) is 6.42 Å². The van der Waals surface area contributed by atoms with Gasteiger partial charge in [0.1, 0.15) is 13.2 Å². The topological polar surface area (TPSA) is 105 Å². The lowest BCUT2D eigenvalue weighted by atomic mass is 10.0. The Hall–Kier alpha value is -3.36. The summed E-state index contributed by atoms with van der Waals surface area (Å²) in [5.41, 5.74) is 0. The molecule has 0 aromatic heterocycles. The summed E-state index contributed by atoms with van der Waals surface area (Å²) in [7, 11) is 1.56. The van der Waals surface area contributed by atoms with E-state index in [4.69, 9.17) is 9.05 Å². The molecule has 0 aliphatic rings. The monoisotopic (exact) mass is 1260 g/mol. The van der Waals surface area contributed by atoms with Crippen molar-refractivity contribution in [3.63, 3.8) is 0 Å². The van der Waals surface area contributed by atoms with Crippen molar-refractivity contribution in [1.29, 1.82) is 0 Å². The Bertz CT molecular complexity index is 1920. The second kappa shape index (κ2) is 69.0. The molecule has 0 aliphatic heterocycles. The number of likely N-dealkylation sites (N-methyl/N-ethyl adjacent to an activating group) is 1. The van der Waals surface area contributed by atoms with Gasteiger partial charge in [-0.3, -0.25) is 13.8 Å². The summed E-state index contributed by atoms with van der Waals surface area (Å²) in [6.45, 7) is 4.72. The predicted molar refractivity (Wildman–Crippen MR) is 391 cm³/mol. The molecule has 9 heteroatoms. The number of carbonyl (C=O) groups is 1. The fourth-order valence-corrected chi connectivity index (χ4v) is 11.2. The smallest absolute Gasteiger partial charge is 0.387 e. The third kappa shape index (κ3) is 71.9. The van der Waals surface area contributed by atoms with E-state index in [9.17, 15) is 19.4 Å². The maximum absolute atomic E-state index is 13.1. The molecule has 0 spiro atoms. The number of carbonyl (C=O) groups excluding carboxylic acids is 1. The summed E-state index contributed by atoms with van der Waals surface area (Å²) in [6, 6.07) is -0.859. The summed E-state index contributed by atoms with van der Waals surface area (Å²) in [5, 5.41) is 14.0. The molecule has 0 aliphatic carbocycles. The van der Waals surface area contributed by atoms with Crippen LogP contribution in [0, 0.1) is 0 Å². The Kier molecular flexibility index (Phi) is 66.4. The molecule has 0 aromatic rings. The number of hydrogen-bond acceptors (Lipinski definition) is 5. The number of phosphoric ester groups is 1. The lowest BCUT2D eigenvalue weighted by Gasteiger charge is -2.25. The van der Waals surface area contributed by atoms with Crippen molar-refractivity contribution >= 4 is 13.7 Å². The van der Waals surface area contributed by atoms with Crippen LogP contribution in [0.2, 0.25) is 0 Å². The number of phosphoric acid groups is 1. The molecule has 8 nitrogen and oxygen atoms in total. The quantitative estimate of drug-likeness (QED) is 0.0243. The van der Waals surface area contributed by atoms with Gasteiger partial charge < -0.3 is 19.8 Å². The van der Waals surface area contributed by atoms with Crippen LogP contribution in [0.25, 0.3) is 0 Å². The fourth-order valence-electron chi connectivity index (χ4n) is 10.4. The van der Waals surface area contributed by atoms with E-state index in [0.717, 1.165) is 109 Å². The highest BCUT2D eigenvalue weighted by molar-refractivity contribution is 7.47. The summed E-state index contributed by atoms with van der Waals surface area (Å²) >= 11 is 0. The molecule has 0 heterocycles. The van der Waals surface area contributed by atoms with Crippen LogP contribution in [0.1, 0.15) is 316 Å². The molecule has 3 unspecified atom stereocenters. The number of allylic oxidation sites excluding steroid dienone is 21. The first kappa shape index (κ1) is 85.6. The molecule has 1 amide bonds. The third-order valence-corrected chi connectivity index (χ3v) is 17.1. The Morgan fingerprint density at radius 1 is 0.393 bits per heavy atom. The minimum Gasteiger partial charge on any atom is -0.387 e. The van der Waals surface area contributed by atoms with E-state index in [1.165, 1.54) is 186 Å². The molecule has 0 bridgehead atoms. The number of aliphatic hydroxyl groups is 1. The van der Waals surface area contributed by atoms with Gasteiger partial charge in [0.15, 0.2) is 0 Å². The maximum atomic E-state index is 13.1. The van der Waals surface area contributed by atoms with Gasteiger partial charge in [-0.25, -0.2) is 4.57 Å². The zero-order chi connectivity index (χ0) is 64.8. The van der Waals surface area contributed by atoms with Crippen molar-refractivity contribution < 1.29 is 32.9 Å². The molecule has 0 fully saturated rings. The number of aliphatic hydroxyl groups excluding tert-OH is 1. The Balaban J connectivity index is 4.10. The number of nitrogens with one attached hydrogen (secondary N) is 1. The lowest BCUT2D eigenvalue weighted by Crippen LogP contribution is -2.45. The van der Waals surface area contributed by atoms with Crippen molar-refractivity contribution in [3.05, 3.63) is 134 Å². The van der Waals surface area contributed by atoms with Gasteiger partial charge in [-0.1, -0.05) is 347 Å². The van der Waals surface area contributed by atoms with E-state index in [1.807, 2.05) is 27.2 Å². The molecule has 512 valence electrons. The Morgan fingerprint density at radius 3 is 0.989 bits per heavy atom. The zero-order valence-electron chi connectivity index (χ0n) is 58.6. The summed E-state index contributed by atoms with van der Waals surface area (Å²) in [4.78, 5) is 23.5. The van der Waals surface area contributed by atoms with Gasteiger partial charge in [0.25, 0.3) is 0 Å². The van der Waals surface area contributed by atoms with Gasteiger partial charge >= 0.3 is 7.82 Å². The minimum absolute atomic E-state index is 0.0556. The van der Waals surface area contributed by atoms with E-state index >= 15 is 0 Å². The van der Waals surface area contributed by atoms with E-state index in [2.05, 4.69) is 141 Å². The second-order valence-electron chi connectivity index (χ2n) is 25.9. The Labute approximate surface area is 551 Å². The molecule has 0 rings (SSSR count). The Morgan fingerprint density at radius 2 is 0.674 bits per heavy atom.